The summed E-state index contributed by atoms with van der Waals surface area (Å²) in [5.41, 5.74) is 3.43. The molecule has 4 heteroatoms. The van der Waals surface area contributed by atoms with Gasteiger partial charge in [0.25, 0.3) is 0 Å². The molecule has 2 aromatic heterocycles. The third-order valence-corrected chi connectivity index (χ3v) is 3.48. The summed E-state index contributed by atoms with van der Waals surface area (Å²) in [4.78, 5) is 8.42. The molecule has 0 fully saturated rings. The van der Waals surface area contributed by atoms with Gasteiger partial charge in [-0.15, -0.1) is 0 Å². The van der Waals surface area contributed by atoms with Crippen molar-refractivity contribution in [3.05, 3.63) is 78.6 Å². The predicted molar refractivity (Wildman–Crippen MR) is 83.1 cm³/mol. The first kappa shape index (κ1) is 13.5. The van der Waals surface area contributed by atoms with Gasteiger partial charge in [-0.3, -0.25) is 4.98 Å². The molecule has 106 valence electrons. The normalized spacial score (nSPS) is 12.2. The highest BCUT2D eigenvalue weighted by atomic mass is 15.0. The van der Waals surface area contributed by atoms with Crippen molar-refractivity contribution in [3.8, 4) is 5.69 Å². The molecule has 0 aliphatic heterocycles. The second kappa shape index (κ2) is 6.33. The van der Waals surface area contributed by atoms with Gasteiger partial charge in [0.1, 0.15) is 0 Å². The molecule has 4 nitrogen and oxygen atoms in total. The van der Waals surface area contributed by atoms with E-state index in [9.17, 15) is 0 Å². The smallest absolute Gasteiger partial charge is 0.0991 e. The summed E-state index contributed by atoms with van der Waals surface area (Å²) in [6.07, 6.45) is 7.35. The van der Waals surface area contributed by atoms with E-state index in [2.05, 4.69) is 46.5 Å². The summed E-state index contributed by atoms with van der Waals surface area (Å²) in [5, 5.41) is 3.49. The van der Waals surface area contributed by atoms with E-state index in [0.29, 0.717) is 0 Å². The molecule has 0 aliphatic carbocycles. The summed E-state index contributed by atoms with van der Waals surface area (Å²) >= 11 is 0. The number of rotatable bonds is 5. The van der Waals surface area contributed by atoms with Crippen molar-refractivity contribution in [3.63, 3.8) is 0 Å². The molecule has 1 atom stereocenters. The first-order valence-corrected chi connectivity index (χ1v) is 7.04. The highest BCUT2D eigenvalue weighted by molar-refractivity contribution is 5.34. The number of pyridine rings is 1. The lowest BCUT2D eigenvalue weighted by atomic mass is 10.1. The SMILES string of the molecule is C[C@H](NCc1ccc(-n2ccnc2)cc1)c1ccccn1. The first-order valence-electron chi connectivity index (χ1n) is 7.04. The van der Waals surface area contributed by atoms with Gasteiger partial charge < -0.3 is 9.88 Å². The maximum absolute atomic E-state index is 4.37. The fraction of sp³-hybridized carbons (Fsp3) is 0.176. The van der Waals surface area contributed by atoms with E-state index in [4.69, 9.17) is 0 Å². The Morgan fingerprint density at radius 2 is 1.95 bits per heavy atom. The minimum Gasteiger partial charge on any atom is -0.306 e. The average molecular weight is 278 g/mol. The van der Waals surface area contributed by atoms with Gasteiger partial charge in [0, 0.05) is 36.9 Å². The van der Waals surface area contributed by atoms with Crippen molar-refractivity contribution >= 4 is 0 Å². The number of nitrogens with one attached hydrogen (secondary N) is 1. The van der Waals surface area contributed by atoms with Crippen LogP contribution in [0, 0.1) is 0 Å². The minimum atomic E-state index is 0.236. The largest absolute Gasteiger partial charge is 0.306 e. The van der Waals surface area contributed by atoms with Crippen LogP contribution in [0.1, 0.15) is 24.2 Å². The molecule has 0 aliphatic rings. The zero-order valence-corrected chi connectivity index (χ0v) is 12.0. The number of benzene rings is 1. The number of imidazole rings is 1. The minimum absolute atomic E-state index is 0.236. The average Bonchev–Trinajstić information content (AvgIpc) is 3.08. The van der Waals surface area contributed by atoms with Gasteiger partial charge in [-0.1, -0.05) is 18.2 Å². The van der Waals surface area contributed by atoms with Gasteiger partial charge in [0.15, 0.2) is 0 Å². The van der Waals surface area contributed by atoms with Crippen molar-refractivity contribution in [2.24, 2.45) is 0 Å². The van der Waals surface area contributed by atoms with E-state index in [1.807, 2.05) is 35.2 Å². The monoisotopic (exact) mass is 278 g/mol. The highest BCUT2D eigenvalue weighted by Gasteiger charge is 2.05. The highest BCUT2D eigenvalue weighted by Crippen LogP contribution is 2.12. The molecule has 0 unspecified atom stereocenters. The van der Waals surface area contributed by atoms with Crippen LogP contribution in [-0.2, 0) is 6.54 Å². The van der Waals surface area contributed by atoms with Gasteiger partial charge in [-0.2, -0.15) is 0 Å². The Morgan fingerprint density at radius 1 is 1.10 bits per heavy atom. The van der Waals surface area contributed by atoms with Crippen molar-refractivity contribution in [1.29, 1.82) is 0 Å². The van der Waals surface area contributed by atoms with Crippen molar-refractivity contribution in [2.75, 3.05) is 0 Å². The molecule has 0 saturated carbocycles. The van der Waals surface area contributed by atoms with E-state index in [0.717, 1.165) is 17.9 Å². The molecule has 1 aromatic carbocycles. The van der Waals surface area contributed by atoms with E-state index in [-0.39, 0.29) is 6.04 Å². The second-order valence-corrected chi connectivity index (χ2v) is 4.99. The van der Waals surface area contributed by atoms with Crippen LogP contribution in [0.2, 0.25) is 0 Å². The molecular weight excluding hydrogens is 260 g/mol. The molecule has 2 heterocycles. The quantitative estimate of drug-likeness (QED) is 0.779. The third-order valence-electron chi connectivity index (χ3n) is 3.48. The Hall–Kier alpha value is -2.46. The Bertz CT molecular complexity index is 660. The summed E-state index contributed by atoms with van der Waals surface area (Å²) in [6.45, 7) is 2.95. The van der Waals surface area contributed by atoms with Crippen LogP contribution in [0.25, 0.3) is 5.69 Å². The molecule has 3 aromatic rings. The van der Waals surface area contributed by atoms with Crippen molar-refractivity contribution in [2.45, 2.75) is 19.5 Å². The lowest BCUT2D eigenvalue weighted by Crippen LogP contribution is -2.18. The van der Waals surface area contributed by atoms with Crippen LogP contribution < -0.4 is 5.32 Å². The van der Waals surface area contributed by atoms with Crippen LogP contribution in [0.3, 0.4) is 0 Å². The second-order valence-electron chi connectivity index (χ2n) is 4.99. The molecular formula is C17H18N4. The molecule has 21 heavy (non-hydrogen) atoms. The standard InChI is InChI=1S/C17H18N4/c1-14(17-4-2-3-9-19-17)20-12-15-5-7-16(8-6-15)21-11-10-18-13-21/h2-11,13-14,20H,12H2,1H3/t14-/m0/s1. The zero-order chi connectivity index (χ0) is 14.5. The van der Waals surface area contributed by atoms with E-state index in [1.54, 1.807) is 12.5 Å². The maximum Gasteiger partial charge on any atom is 0.0991 e. The molecule has 0 saturated heterocycles. The number of nitrogens with zero attached hydrogens (tertiary/aromatic N) is 3. The fourth-order valence-corrected chi connectivity index (χ4v) is 2.21. The maximum atomic E-state index is 4.37. The Balaban J connectivity index is 1.61. The number of aromatic nitrogens is 3. The van der Waals surface area contributed by atoms with Gasteiger partial charge in [-0.25, -0.2) is 4.98 Å². The lowest BCUT2D eigenvalue weighted by molar-refractivity contribution is 0.561. The van der Waals surface area contributed by atoms with Gasteiger partial charge in [-0.05, 0) is 36.8 Å². The van der Waals surface area contributed by atoms with Crippen LogP contribution in [0.4, 0.5) is 0 Å². The van der Waals surface area contributed by atoms with Crippen LogP contribution in [0.5, 0.6) is 0 Å². The predicted octanol–water partition coefficient (Wildman–Crippen LogP) is 3.12. The van der Waals surface area contributed by atoms with Gasteiger partial charge >= 0.3 is 0 Å². The zero-order valence-electron chi connectivity index (χ0n) is 12.0. The third kappa shape index (κ3) is 3.35. The Labute approximate surface area is 124 Å². The fourth-order valence-electron chi connectivity index (χ4n) is 2.21. The molecule has 0 radical (unpaired) electrons. The van der Waals surface area contributed by atoms with E-state index < -0.39 is 0 Å². The molecule has 1 N–H and O–H groups in total. The van der Waals surface area contributed by atoms with E-state index in [1.165, 1.54) is 5.56 Å². The van der Waals surface area contributed by atoms with Crippen LogP contribution in [-0.4, -0.2) is 14.5 Å². The van der Waals surface area contributed by atoms with Crippen LogP contribution in [0.15, 0.2) is 67.4 Å². The summed E-state index contributed by atoms with van der Waals surface area (Å²) in [6, 6.07) is 14.7. The summed E-state index contributed by atoms with van der Waals surface area (Å²) < 4.78 is 1.99. The lowest BCUT2D eigenvalue weighted by Gasteiger charge is -2.13. The molecule has 3 rings (SSSR count). The molecule has 0 spiro atoms. The van der Waals surface area contributed by atoms with Gasteiger partial charge in [0.05, 0.1) is 12.0 Å². The van der Waals surface area contributed by atoms with Crippen molar-refractivity contribution in [1.82, 2.24) is 19.9 Å². The summed E-state index contributed by atoms with van der Waals surface area (Å²) in [7, 11) is 0. The summed E-state index contributed by atoms with van der Waals surface area (Å²) in [5.74, 6) is 0. The van der Waals surface area contributed by atoms with E-state index >= 15 is 0 Å². The molecule has 0 amide bonds. The number of hydrogen-bond acceptors (Lipinski definition) is 3. The molecule has 0 bridgehead atoms. The Kier molecular flexibility index (Phi) is 4.07. The topological polar surface area (TPSA) is 42.7 Å². The van der Waals surface area contributed by atoms with Crippen LogP contribution >= 0.6 is 0 Å². The van der Waals surface area contributed by atoms with Gasteiger partial charge in [0.2, 0.25) is 0 Å². The van der Waals surface area contributed by atoms with Crippen molar-refractivity contribution < 1.29 is 0 Å². The number of hydrogen-bond donors (Lipinski definition) is 1. The Morgan fingerprint density at radius 3 is 2.62 bits per heavy atom. The first-order chi connectivity index (χ1) is 10.3.